The quantitative estimate of drug-likeness (QED) is 0.906. The van der Waals surface area contributed by atoms with Crippen LogP contribution in [0.1, 0.15) is 31.4 Å². The highest BCUT2D eigenvalue weighted by molar-refractivity contribution is 5.79. The fourth-order valence-electron chi connectivity index (χ4n) is 2.81. The lowest BCUT2D eigenvalue weighted by atomic mass is 9.95. The smallest absolute Gasteiger partial charge is 0.223 e. The van der Waals surface area contributed by atoms with Gasteiger partial charge >= 0.3 is 0 Å². The van der Waals surface area contributed by atoms with Gasteiger partial charge in [-0.3, -0.25) is 4.79 Å². The Hall–Kier alpha value is -1.75. The van der Waals surface area contributed by atoms with Crippen LogP contribution in [0, 0.1) is 5.92 Å². The van der Waals surface area contributed by atoms with Gasteiger partial charge in [-0.15, -0.1) is 0 Å². The molecule has 0 radical (unpaired) electrons. The van der Waals surface area contributed by atoms with E-state index in [4.69, 9.17) is 9.47 Å². The maximum absolute atomic E-state index is 12.4. The van der Waals surface area contributed by atoms with Crippen LogP contribution in [0.4, 0.5) is 0 Å². The molecule has 0 saturated carbocycles. The Morgan fingerprint density at radius 2 is 1.86 bits per heavy atom. The third kappa shape index (κ3) is 3.91. The van der Waals surface area contributed by atoms with E-state index in [-0.39, 0.29) is 17.9 Å². The Morgan fingerprint density at radius 1 is 1.23 bits per heavy atom. The number of benzene rings is 1. The third-order valence-corrected chi connectivity index (χ3v) is 4.36. The van der Waals surface area contributed by atoms with Gasteiger partial charge in [0.1, 0.15) is 0 Å². The fourth-order valence-corrected chi connectivity index (χ4v) is 2.81. The first-order valence-electron chi connectivity index (χ1n) is 7.76. The highest BCUT2D eigenvalue weighted by Crippen LogP contribution is 2.30. The molecule has 1 aliphatic heterocycles. The van der Waals surface area contributed by atoms with Crippen LogP contribution < -0.4 is 14.8 Å². The molecule has 1 heterocycles. The number of likely N-dealkylation sites (tertiary alicyclic amines) is 1. The van der Waals surface area contributed by atoms with Gasteiger partial charge in [0.25, 0.3) is 0 Å². The highest BCUT2D eigenvalue weighted by Gasteiger charge is 2.24. The second-order valence-electron chi connectivity index (χ2n) is 5.92. The van der Waals surface area contributed by atoms with E-state index in [0.717, 1.165) is 31.5 Å². The second-order valence-corrected chi connectivity index (χ2v) is 5.92. The number of ether oxygens (including phenoxy) is 2. The summed E-state index contributed by atoms with van der Waals surface area (Å²) >= 11 is 0. The second kappa shape index (κ2) is 7.49. The summed E-state index contributed by atoms with van der Waals surface area (Å²) in [6.07, 6.45) is 1.86. The summed E-state index contributed by atoms with van der Waals surface area (Å²) < 4.78 is 10.6. The van der Waals surface area contributed by atoms with Crippen molar-refractivity contribution in [2.75, 3.05) is 34.4 Å². The van der Waals surface area contributed by atoms with Crippen LogP contribution >= 0.6 is 0 Å². The minimum absolute atomic E-state index is 0.0491. The lowest BCUT2D eigenvalue weighted by Crippen LogP contribution is -2.39. The summed E-state index contributed by atoms with van der Waals surface area (Å²) in [5.74, 6) is 1.65. The molecule has 22 heavy (non-hydrogen) atoms. The number of carbonyl (C=O) groups is 1. The van der Waals surface area contributed by atoms with Crippen LogP contribution in [0.3, 0.4) is 0 Å². The number of piperidine rings is 1. The van der Waals surface area contributed by atoms with E-state index in [2.05, 4.69) is 17.3 Å². The molecule has 1 atom stereocenters. The van der Waals surface area contributed by atoms with Crippen molar-refractivity contribution in [1.29, 1.82) is 0 Å². The van der Waals surface area contributed by atoms with Crippen LogP contribution in [-0.2, 0) is 4.79 Å². The van der Waals surface area contributed by atoms with Crippen LogP contribution in [0.15, 0.2) is 18.2 Å². The summed E-state index contributed by atoms with van der Waals surface area (Å²) in [5, 5.41) is 3.12. The molecule has 5 heteroatoms. The molecule has 1 fully saturated rings. The lowest BCUT2D eigenvalue weighted by molar-refractivity contribution is -0.127. The van der Waals surface area contributed by atoms with Gasteiger partial charge in [0.05, 0.1) is 20.3 Å². The van der Waals surface area contributed by atoms with Crippen LogP contribution in [0.25, 0.3) is 0 Å². The van der Waals surface area contributed by atoms with E-state index in [0.29, 0.717) is 11.5 Å². The highest BCUT2D eigenvalue weighted by atomic mass is 16.5. The van der Waals surface area contributed by atoms with Crippen molar-refractivity contribution in [3.63, 3.8) is 0 Å². The molecule has 1 amide bonds. The molecule has 1 aromatic rings. The molecule has 5 nitrogen and oxygen atoms in total. The molecule has 1 aliphatic rings. The number of rotatable bonds is 5. The van der Waals surface area contributed by atoms with E-state index in [1.165, 1.54) is 0 Å². The average Bonchev–Trinajstić information content (AvgIpc) is 2.54. The number of carbonyl (C=O) groups excluding carboxylic acids is 1. The molecule has 1 N–H and O–H groups in total. The molecular weight excluding hydrogens is 280 g/mol. The van der Waals surface area contributed by atoms with Gasteiger partial charge < -0.3 is 19.7 Å². The molecule has 1 saturated heterocycles. The first-order chi connectivity index (χ1) is 10.5. The topological polar surface area (TPSA) is 50.8 Å². The number of methoxy groups -OCH3 is 2. The van der Waals surface area contributed by atoms with E-state index in [1.54, 1.807) is 14.2 Å². The van der Waals surface area contributed by atoms with Gasteiger partial charge in [0.15, 0.2) is 11.5 Å². The summed E-state index contributed by atoms with van der Waals surface area (Å²) in [4.78, 5) is 14.6. The zero-order valence-electron chi connectivity index (χ0n) is 13.9. The first-order valence-corrected chi connectivity index (χ1v) is 7.76. The van der Waals surface area contributed by atoms with Crippen molar-refractivity contribution in [3.05, 3.63) is 23.8 Å². The SMILES string of the molecule is COc1ccc(C(C)NC(=O)C2CCN(C)CC2)cc1OC. The third-order valence-electron chi connectivity index (χ3n) is 4.36. The summed E-state index contributed by atoms with van der Waals surface area (Å²) in [6, 6.07) is 5.69. The molecule has 0 spiro atoms. The Morgan fingerprint density at radius 3 is 2.45 bits per heavy atom. The molecule has 0 aromatic heterocycles. The van der Waals surface area contributed by atoms with Crippen molar-refractivity contribution in [2.45, 2.75) is 25.8 Å². The lowest BCUT2D eigenvalue weighted by Gasteiger charge is -2.29. The van der Waals surface area contributed by atoms with Crippen LogP contribution in [0.2, 0.25) is 0 Å². The van der Waals surface area contributed by atoms with Gasteiger partial charge in [-0.25, -0.2) is 0 Å². The van der Waals surface area contributed by atoms with E-state index < -0.39 is 0 Å². The maximum atomic E-state index is 12.4. The molecule has 0 aliphatic carbocycles. The Balaban J connectivity index is 1.99. The van der Waals surface area contributed by atoms with Gasteiger partial charge in [0, 0.05) is 5.92 Å². The summed E-state index contributed by atoms with van der Waals surface area (Å²) in [5.41, 5.74) is 1.01. The standard InChI is InChI=1S/C17H26N2O3/c1-12(14-5-6-15(21-3)16(11-14)22-4)18-17(20)13-7-9-19(2)10-8-13/h5-6,11-13H,7-10H2,1-4H3,(H,18,20). The predicted molar refractivity (Wildman–Crippen MR) is 86.3 cm³/mol. The summed E-state index contributed by atoms with van der Waals surface area (Å²) in [7, 11) is 5.33. The van der Waals surface area contributed by atoms with Gasteiger partial charge in [0.2, 0.25) is 5.91 Å². The fraction of sp³-hybridized carbons (Fsp3) is 0.588. The molecule has 122 valence electrons. The molecule has 1 aromatic carbocycles. The monoisotopic (exact) mass is 306 g/mol. The van der Waals surface area contributed by atoms with E-state index >= 15 is 0 Å². The maximum Gasteiger partial charge on any atom is 0.223 e. The Bertz CT molecular complexity index is 511. The number of nitrogens with one attached hydrogen (secondary N) is 1. The zero-order chi connectivity index (χ0) is 16.1. The molecule has 0 bridgehead atoms. The van der Waals surface area contributed by atoms with E-state index in [1.807, 2.05) is 25.1 Å². The van der Waals surface area contributed by atoms with Gasteiger partial charge in [-0.05, 0) is 57.6 Å². The normalized spacial score (nSPS) is 17.8. The van der Waals surface area contributed by atoms with Crippen LogP contribution in [0.5, 0.6) is 11.5 Å². The van der Waals surface area contributed by atoms with Crippen molar-refractivity contribution in [2.24, 2.45) is 5.92 Å². The van der Waals surface area contributed by atoms with E-state index in [9.17, 15) is 4.79 Å². The number of nitrogens with zero attached hydrogens (tertiary/aromatic N) is 1. The van der Waals surface area contributed by atoms with Crippen molar-refractivity contribution in [1.82, 2.24) is 10.2 Å². The van der Waals surface area contributed by atoms with Crippen LogP contribution in [-0.4, -0.2) is 45.2 Å². The number of amides is 1. The number of hydrogen-bond acceptors (Lipinski definition) is 4. The van der Waals surface area contributed by atoms with Crippen molar-refractivity contribution >= 4 is 5.91 Å². The zero-order valence-corrected chi connectivity index (χ0v) is 13.9. The molecular formula is C17H26N2O3. The minimum Gasteiger partial charge on any atom is -0.493 e. The Kier molecular flexibility index (Phi) is 5.66. The predicted octanol–water partition coefficient (Wildman–Crippen LogP) is 2.22. The molecule has 1 unspecified atom stereocenters. The number of hydrogen-bond donors (Lipinski definition) is 1. The minimum atomic E-state index is -0.0491. The first kappa shape index (κ1) is 16.6. The van der Waals surface area contributed by atoms with Gasteiger partial charge in [-0.1, -0.05) is 6.07 Å². The largest absolute Gasteiger partial charge is 0.493 e. The van der Waals surface area contributed by atoms with Crippen molar-refractivity contribution in [3.8, 4) is 11.5 Å². The van der Waals surface area contributed by atoms with Crippen molar-refractivity contribution < 1.29 is 14.3 Å². The Labute approximate surface area is 132 Å². The van der Waals surface area contributed by atoms with Gasteiger partial charge in [-0.2, -0.15) is 0 Å². The average molecular weight is 306 g/mol. The molecule has 2 rings (SSSR count). The summed E-state index contributed by atoms with van der Waals surface area (Å²) in [6.45, 7) is 3.97.